The van der Waals surface area contributed by atoms with Gasteiger partial charge in [0, 0.05) is 10.9 Å². The van der Waals surface area contributed by atoms with Crippen LogP contribution in [-0.4, -0.2) is 18.3 Å². The number of aromatic carboxylic acids is 1. The summed E-state index contributed by atoms with van der Waals surface area (Å²) in [5.74, 6) is -0.945. The first kappa shape index (κ1) is 13.4. The summed E-state index contributed by atoms with van der Waals surface area (Å²) in [5, 5.41) is 11.3. The molecule has 3 N–H and O–H groups in total. The molecule has 1 aromatic rings. The van der Waals surface area contributed by atoms with Gasteiger partial charge < -0.3 is 10.8 Å². The second-order valence-electron chi connectivity index (χ2n) is 3.35. The van der Waals surface area contributed by atoms with Gasteiger partial charge in [-0.25, -0.2) is 4.79 Å². The van der Waals surface area contributed by atoms with E-state index >= 15 is 0 Å². The van der Waals surface area contributed by atoms with Crippen molar-refractivity contribution in [3.63, 3.8) is 0 Å². The summed E-state index contributed by atoms with van der Waals surface area (Å²) in [6.07, 6.45) is 7.82. The maximum absolute atomic E-state index is 11.0. The van der Waals surface area contributed by atoms with Crippen molar-refractivity contribution in [3.05, 3.63) is 34.7 Å². The quantitative estimate of drug-likeness (QED) is 0.851. The predicted octanol–water partition coefficient (Wildman–Crippen LogP) is 3.35. The van der Waals surface area contributed by atoms with Crippen LogP contribution in [0.3, 0.4) is 0 Å². The normalized spacial score (nSPS) is 13.6. The zero-order valence-corrected chi connectivity index (χ0v) is 10.3. The molecule has 2 rings (SSSR count). The van der Waals surface area contributed by atoms with Crippen LogP contribution in [-0.2, 0) is 0 Å². The number of rotatable bonds is 2. The Kier molecular flexibility index (Phi) is 4.90. The molecule has 0 saturated heterocycles. The van der Waals surface area contributed by atoms with Crippen molar-refractivity contribution in [1.29, 1.82) is 0 Å². The van der Waals surface area contributed by atoms with Gasteiger partial charge in [0.25, 0.3) is 0 Å². The number of hydrogen-bond acceptors (Lipinski definition) is 3. The molecule has 17 heavy (non-hydrogen) atoms. The Morgan fingerprint density at radius 2 is 2.24 bits per heavy atom. The Morgan fingerprint density at radius 1 is 1.53 bits per heavy atom. The number of thiophene rings is 1. The summed E-state index contributed by atoms with van der Waals surface area (Å²) in [7, 11) is 0.500. The van der Waals surface area contributed by atoms with E-state index in [9.17, 15) is 9.18 Å². The van der Waals surface area contributed by atoms with E-state index in [4.69, 9.17) is 10.8 Å². The largest absolute Gasteiger partial charge is 0.478 e. The smallest absolute Gasteiger partial charge is 0.339 e. The minimum atomic E-state index is -0.945. The van der Waals surface area contributed by atoms with Gasteiger partial charge in [0.1, 0.15) is 10.6 Å². The third kappa shape index (κ3) is 2.94. The molecule has 1 aliphatic carbocycles. The van der Waals surface area contributed by atoms with Crippen LogP contribution >= 0.6 is 11.3 Å². The van der Waals surface area contributed by atoms with Gasteiger partial charge in [-0.2, -0.15) is 0 Å². The summed E-state index contributed by atoms with van der Waals surface area (Å²) < 4.78 is 9.50. The van der Waals surface area contributed by atoms with Crippen LogP contribution < -0.4 is 5.73 Å². The Hall–Kier alpha value is -1.62. The van der Waals surface area contributed by atoms with E-state index in [1.54, 1.807) is 0 Å². The number of halogens is 1. The minimum absolute atomic E-state index is 0.251. The van der Waals surface area contributed by atoms with Gasteiger partial charge in [0.05, 0.1) is 7.18 Å². The van der Waals surface area contributed by atoms with Crippen molar-refractivity contribution in [1.82, 2.24) is 0 Å². The molecule has 92 valence electrons. The monoisotopic (exact) mass is 255 g/mol. The zero-order valence-electron chi connectivity index (χ0n) is 9.44. The van der Waals surface area contributed by atoms with Crippen molar-refractivity contribution < 1.29 is 14.3 Å². The van der Waals surface area contributed by atoms with Gasteiger partial charge in [0.15, 0.2) is 0 Å². The van der Waals surface area contributed by atoms with E-state index in [0.717, 1.165) is 24.0 Å². The highest BCUT2D eigenvalue weighted by Gasteiger charge is 2.19. The van der Waals surface area contributed by atoms with Crippen molar-refractivity contribution in [2.75, 3.05) is 12.9 Å². The molecular weight excluding hydrogens is 241 g/mol. The van der Waals surface area contributed by atoms with Gasteiger partial charge in [-0.3, -0.25) is 4.39 Å². The number of anilines is 1. The topological polar surface area (TPSA) is 63.3 Å². The van der Waals surface area contributed by atoms with Gasteiger partial charge in [-0.05, 0) is 18.4 Å². The van der Waals surface area contributed by atoms with E-state index in [-0.39, 0.29) is 5.56 Å². The van der Waals surface area contributed by atoms with E-state index in [2.05, 4.69) is 6.08 Å². The SMILES string of the molecule is CF.Nc1scc(C2=CC=CCC2)c1C(=O)O. The molecule has 0 amide bonds. The second-order valence-corrected chi connectivity index (χ2v) is 4.26. The molecule has 0 unspecified atom stereocenters. The van der Waals surface area contributed by atoms with Crippen molar-refractivity contribution in [2.24, 2.45) is 0 Å². The lowest BCUT2D eigenvalue weighted by atomic mass is 9.96. The van der Waals surface area contributed by atoms with Crippen LogP contribution in [0.1, 0.15) is 28.8 Å². The van der Waals surface area contributed by atoms with Gasteiger partial charge >= 0.3 is 5.97 Å². The lowest BCUT2D eigenvalue weighted by Gasteiger charge is -2.08. The molecule has 1 heterocycles. The number of allylic oxidation sites excluding steroid dienone is 4. The zero-order chi connectivity index (χ0) is 12.8. The first-order chi connectivity index (χ1) is 8.20. The van der Waals surface area contributed by atoms with Crippen LogP contribution in [0.5, 0.6) is 0 Å². The van der Waals surface area contributed by atoms with E-state index in [0.29, 0.717) is 12.2 Å². The van der Waals surface area contributed by atoms with Crippen LogP contribution in [0.2, 0.25) is 0 Å². The molecule has 0 aromatic carbocycles. The Morgan fingerprint density at radius 3 is 2.76 bits per heavy atom. The van der Waals surface area contributed by atoms with Crippen LogP contribution in [0.25, 0.3) is 5.57 Å². The number of nitrogens with two attached hydrogens (primary N) is 1. The molecule has 1 aromatic heterocycles. The average Bonchev–Trinajstić information content (AvgIpc) is 2.75. The van der Waals surface area contributed by atoms with Gasteiger partial charge in [-0.15, -0.1) is 11.3 Å². The van der Waals surface area contributed by atoms with Crippen LogP contribution in [0.15, 0.2) is 23.6 Å². The first-order valence-corrected chi connectivity index (χ1v) is 5.92. The highest BCUT2D eigenvalue weighted by Crippen LogP contribution is 2.33. The number of carbonyl (C=O) groups is 1. The van der Waals surface area contributed by atoms with E-state index in [1.165, 1.54) is 11.3 Å². The Bertz CT molecular complexity index is 463. The third-order valence-electron chi connectivity index (χ3n) is 2.39. The van der Waals surface area contributed by atoms with Crippen molar-refractivity contribution >= 4 is 27.9 Å². The molecule has 0 bridgehead atoms. The highest BCUT2D eigenvalue weighted by molar-refractivity contribution is 7.14. The van der Waals surface area contributed by atoms with Crippen molar-refractivity contribution in [2.45, 2.75) is 12.8 Å². The number of hydrogen-bond donors (Lipinski definition) is 2. The fourth-order valence-corrected chi connectivity index (χ4v) is 2.49. The average molecular weight is 255 g/mol. The molecule has 0 aliphatic heterocycles. The standard InChI is InChI=1S/C11H11NO2S.CH3F/c12-10-9(11(13)14)8(6-15-10)7-4-2-1-3-5-7;1-2/h1-2,4,6H,3,5,12H2,(H,13,14);1H3. The number of alkyl halides is 1. The lowest BCUT2D eigenvalue weighted by Crippen LogP contribution is -2.02. The van der Waals surface area contributed by atoms with Crippen molar-refractivity contribution in [3.8, 4) is 0 Å². The summed E-state index contributed by atoms with van der Waals surface area (Å²) >= 11 is 1.29. The number of nitrogen functional groups attached to an aromatic ring is 1. The Labute approximate surface area is 103 Å². The molecule has 0 fully saturated rings. The van der Waals surface area contributed by atoms with Gasteiger partial charge in [0.2, 0.25) is 0 Å². The highest BCUT2D eigenvalue weighted by atomic mass is 32.1. The molecule has 0 saturated carbocycles. The fraction of sp³-hybridized carbons (Fsp3) is 0.250. The summed E-state index contributed by atoms with van der Waals surface area (Å²) in [5.41, 5.74) is 7.72. The van der Waals surface area contributed by atoms with E-state index in [1.807, 2.05) is 17.5 Å². The lowest BCUT2D eigenvalue weighted by molar-refractivity contribution is 0.0698. The second kappa shape index (κ2) is 6.20. The summed E-state index contributed by atoms with van der Waals surface area (Å²) in [4.78, 5) is 11.0. The molecule has 5 heteroatoms. The van der Waals surface area contributed by atoms with E-state index < -0.39 is 5.97 Å². The molecule has 1 aliphatic rings. The summed E-state index contributed by atoms with van der Waals surface area (Å²) in [6.45, 7) is 0. The molecular formula is C12H14FNO2S. The molecule has 0 radical (unpaired) electrons. The summed E-state index contributed by atoms with van der Waals surface area (Å²) in [6, 6.07) is 0. The predicted molar refractivity (Wildman–Crippen MR) is 69.1 cm³/mol. The molecule has 0 atom stereocenters. The number of carboxylic acids is 1. The number of carboxylic acid groups (broad SMARTS) is 1. The van der Waals surface area contributed by atoms with Crippen LogP contribution in [0, 0.1) is 0 Å². The Balaban J connectivity index is 0.000000686. The molecule has 3 nitrogen and oxygen atoms in total. The first-order valence-electron chi connectivity index (χ1n) is 5.04. The molecule has 0 spiro atoms. The van der Waals surface area contributed by atoms with Crippen LogP contribution in [0.4, 0.5) is 9.39 Å². The maximum Gasteiger partial charge on any atom is 0.339 e. The maximum atomic E-state index is 11.0. The van der Waals surface area contributed by atoms with Gasteiger partial charge in [-0.1, -0.05) is 18.2 Å². The minimum Gasteiger partial charge on any atom is -0.478 e. The fourth-order valence-electron chi connectivity index (χ4n) is 1.66. The third-order valence-corrected chi connectivity index (χ3v) is 3.20.